The molecule has 0 spiro atoms. The summed E-state index contributed by atoms with van der Waals surface area (Å²) < 4.78 is 1.96. The topological polar surface area (TPSA) is 43.8 Å². The van der Waals surface area contributed by atoms with Crippen LogP contribution in [0.25, 0.3) is 0 Å². The van der Waals surface area contributed by atoms with Crippen LogP contribution in [0, 0.1) is 0 Å². The Morgan fingerprint density at radius 1 is 1.50 bits per heavy atom. The van der Waals surface area contributed by atoms with E-state index in [9.17, 15) is 0 Å². The predicted octanol–water partition coefficient (Wildman–Crippen LogP) is 2.40. The molecule has 2 N–H and O–H groups in total. The van der Waals surface area contributed by atoms with Crippen molar-refractivity contribution < 1.29 is 0 Å². The number of hydrogen-bond donors (Lipinski definition) is 1. The number of aromatic nitrogens is 2. The van der Waals surface area contributed by atoms with Crippen molar-refractivity contribution in [3.05, 3.63) is 16.9 Å². The number of nitrogens with zero attached hydrogens (tertiary/aromatic N) is 2. The van der Waals surface area contributed by atoms with Gasteiger partial charge in [-0.2, -0.15) is 5.10 Å². The summed E-state index contributed by atoms with van der Waals surface area (Å²) in [5.41, 5.74) is 6.81. The minimum absolute atomic E-state index is 0.210. The van der Waals surface area contributed by atoms with E-state index in [0.717, 1.165) is 23.6 Å². The van der Waals surface area contributed by atoms with E-state index in [0.29, 0.717) is 6.04 Å². The zero-order chi connectivity index (χ0) is 10.7. The van der Waals surface area contributed by atoms with Crippen LogP contribution in [0.2, 0.25) is 5.02 Å². The van der Waals surface area contributed by atoms with E-state index in [2.05, 4.69) is 18.9 Å². The van der Waals surface area contributed by atoms with Crippen LogP contribution in [0.1, 0.15) is 38.9 Å². The average Bonchev–Trinajstić information content (AvgIpc) is 2.43. The van der Waals surface area contributed by atoms with Gasteiger partial charge in [-0.25, -0.2) is 0 Å². The van der Waals surface area contributed by atoms with E-state index in [1.54, 1.807) is 6.20 Å². The third-order valence-electron chi connectivity index (χ3n) is 2.17. The van der Waals surface area contributed by atoms with Crippen LogP contribution in [0.15, 0.2) is 6.20 Å². The van der Waals surface area contributed by atoms with Gasteiger partial charge in [-0.15, -0.1) is 0 Å². The molecule has 0 saturated heterocycles. The first-order chi connectivity index (χ1) is 6.52. The first kappa shape index (κ1) is 11.5. The van der Waals surface area contributed by atoms with E-state index in [1.165, 1.54) is 0 Å². The largest absolute Gasteiger partial charge is 0.328 e. The predicted molar refractivity (Wildman–Crippen MR) is 59.6 cm³/mol. The second-order valence-corrected chi connectivity index (χ2v) is 4.40. The van der Waals surface area contributed by atoms with Crippen LogP contribution in [-0.4, -0.2) is 15.8 Å². The van der Waals surface area contributed by atoms with Gasteiger partial charge in [-0.3, -0.25) is 4.68 Å². The Hall–Kier alpha value is -0.540. The SMILES string of the molecule is CC(N)CCc1c(Cl)cnn1C(C)C. The van der Waals surface area contributed by atoms with Gasteiger partial charge in [0.1, 0.15) is 0 Å². The highest BCUT2D eigenvalue weighted by Gasteiger charge is 2.11. The standard InChI is InChI=1S/C10H18ClN3/c1-7(2)14-10(5-4-8(3)12)9(11)6-13-14/h6-8H,4-5,12H2,1-3H3. The molecule has 80 valence electrons. The lowest BCUT2D eigenvalue weighted by Gasteiger charge is -2.12. The van der Waals surface area contributed by atoms with Crippen molar-refractivity contribution in [3.63, 3.8) is 0 Å². The van der Waals surface area contributed by atoms with Crippen molar-refractivity contribution in [3.8, 4) is 0 Å². The van der Waals surface area contributed by atoms with Gasteiger partial charge in [0.25, 0.3) is 0 Å². The molecular formula is C10H18ClN3. The maximum absolute atomic E-state index is 6.05. The van der Waals surface area contributed by atoms with Gasteiger partial charge >= 0.3 is 0 Å². The molecule has 3 nitrogen and oxygen atoms in total. The van der Waals surface area contributed by atoms with Gasteiger partial charge in [0.15, 0.2) is 0 Å². The normalized spacial score (nSPS) is 13.6. The highest BCUT2D eigenvalue weighted by molar-refractivity contribution is 6.31. The highest BCUT2D eigenvalue weighted by Crippen LogP contribution is 2.20. The van der Waals surface area contributed by atoms with Crippen molar-refractivity contribution in [1.82, 2.24) is 9.78 Å². The lowest BCUT2D eigenvalue weighted by molar-refractivity contribution is 0.499. The molecule has 1 heterocycles. The molecule has 14 heavy (non-hydrogen) atoms. The molecule has 1 aromatic rings. The fourth-order valence-corrected chi connectivity index (χ4v) is 1.63. The number of nitrogens with two attached hydrogens (primary N) is 1. The second kappa shape index (κ2) is 4.80. The molecule has 1 unspecified atom stereocenters. The lowest BCUT2D eigenvalue weighted by atomic mass is 10.1. The molecule has 0 radical (unpaired) electrons. The quantitative estimate of drug-likeness (QED) is 0.838. The van der Waals surface area contributed by atoms with Crippen molar-refractivity contribution in [1.29, 1.82) is 0 Å². The second-order valence-electron chi connectivity index (χ2n) is 3.99. The third kappa shape index (κ3) is 2.72. The summed E-state index contributed by atoms with van der Waals surface area (Å²) in [7, 11) is 0. The van der Waals surface area contributed by atoms with Gasteiger partial charge < -0.3 is 5.73 Å². The molecule has 1 rings (SSSR count). The Morgan fingerprint density at radius 2 is 2.14 bits per heavy atom. The van der Waals surface area contributed by atoms with Crippen molar-refractivity contribution in [2.45, 2.75) is 45.7 Å². The van der Waals surface area contributed by atoms with Gasteiger partial charge in [-0.05, 0) is 33.6 Å². The van der Waals surface area contributed by atoms with Crippen molar-refractivity contribution >= 4 is 11.6 Å². The molecule has 1 atom stereocenters. The number of hydrogen-bond acceptors (Lipinski definition) is 2. The lowest BCUT2D eigenvalue weighted by Crippen LogP contribution is -2.17. The minimum atomic E-state index is 0.210. The van der Waals surface area contributed by atoms with E-state index in [-0.39, 0.29) is 6.04 Å². The molecule has 0 aliphatic rings. The maximum Gasteiger partial charge on any atom is 0.0817 e. The Morgan fingerprint density at radius 3 is 2.64 bits per heavy atom. The van der Waals surface area contributed by atoms with E-state index in [1.807, 2.05) is 11.6 Å². The number of halogens is 1. The molecule has 4 heteroatoms. The summed E-state index contributed by atoms with van der Waals surface area (Å²) in [5, 5.41) is 4.99. The molecule has 0 aliphatic heterocycles. The Balaban J connectivity index is 2.77. The van der Waals surface area contributed by atoms with Crippen LogP contribution in [0.4, 0.5) is 0 Å². The maximum atomic E-state index is 6.05. The van der Waals surface area contributed by atoms with Gasteiger partial charge in [0.2, 0.25) is 0 Å². The zero-order valence-electron chi connectivity index (χ0n) is 9.00. The van der Waals surface area contributed by atoms with Crippen LogP contribution in [0.5, 0.6) is 0 Å². The van der Waals surface area contributed by atoms with E-state index < -0.39 is 0 Å². The summed E-state index contributed by atoms with van der Waals surface area (Å²) >= 11 is 6.05. The average molecular weight is 216 g/mol. The third-order valence-corrected chi connectivity index (χ3v) is 2.49. The van der Waals surface area contributed by atoms with Crippen LogP contribution in [-0.2, 0) is 6.42 Å². The van der Waals surface area contributed by atoms with Crippen LogP contribution < -0.4 is 5.73 Å². The molecule has 1 aromatic heterocycles. The first-order valence-corrected chi connectivity index (χ1v) is 5.37. The van der Waals surface area contributed by atoms with Gasteiger partial charge in [-0.1, -0.05) is 11.6 Å². The minimum Gasteiger partial charge on any atom is -0.328 e. The van der Waals surface area contributed by atoms with E-state index in [4.69, 9.17) is 17.3 Å². The van der Waals surface area contributed by atoms with Crippen LogP contribution >= 0.6 is 11.6 Å². The molecular weight excluding hydrogens is 198 g/mol. The van der Waals surface area contributed by atoms with Crippen LogP contribution in [0.3, 0.4) is 0 Å². The summed E-state index contributed by atoms with van der Waals surface area (Å²) in [6, 6.07) is 0.562. The highest BCUT2D eigenvalue weighted by atomic mass is 35.5. The molecule has 0 fully saturated rings. The Kier molecular flexibility index (Phi) is 3.96. The fourth-order valence-electron chi connectivity index (χ4n) is 1.41. The van der Waals surface area contributed by atoms with Gasteiger partial charge in [0, 0.05) is 12.1 Å². The first-order valence-electron chi connectivity index (χ1n) is 4.99. The van der Waals surface area contributed by atoms with Crippen molar-refractivity contribution in [2.24, 2.45) is 5.73 Å². The molecule has 0 aliphatic carbocycles. The molecule has 0 saturated carbocycles. The van der Waals surface area contributed by atoms with Gasteiger partial charge in [0.05, 0.1) is 16.9 Å². The molecule has 0 bridgehead atoms. The summed E-state index contributed by atoms with van der Waals surface area (Å²) in [4.78, 5) is 0. The summed E-state index contributed by atoms with van der Waals surface area (Å²) in [6.45, 7) is 6.20. The monoisotopic (exact) mass is 215 g/mol. The van der Waals surface area contributed by atoms with E-state index >= 15 is 0 Å². The van der Waals surface area contributed by atoms with Crippen molar-refractivity contribution in [2.75, 3.05) is 0 Å². The summed E-state index contributed by atoms with van der Waals surface area (Å²) in [5.74, 6) is 0. The Bertz CT molecular complexity index is 292. The zero-order valence-corrected chi connectivity index (χ0v) is 9.75. The number of rotatable bonds is 4. The summed E-state index contributed by atoms with van der Waals surface area (Å²) in [6.07, 6.45) is 3.55. The fraction of sp³-hybridized carbons (Fsp3) is 0.700. The smallest absolute Gasteiger partial charge is 0.0817 e. The molecule has 0 aromatic carbocycles. The Labute approximate surface area is 90.2 Å². The molecule has 0 amide bonds.